The molecule has 1 aliphatic rings. The Hall–Kier alpha value is -1.93. The molecule has 2 heterocycles. The van der Waals surface area contributed by atoms with E-state index in [0.717, 1.165) is 10.5 Å². The fourth-order valence-electron chi connectivity index (χ4n) is 2.47. The van der Waals surface area contributed by atoms with E-state index in [2.05, 4.69) is 0 Å². The lowest BCUT2D eigenvalue weighted by atomic mass is 10.1. The summed E-state index contributed by atoms with van der Waals surface area (Å²) in [6, 6.07) is 0.851. The number of nitrogens with zero attached hydrogens (tertiary/aromatic N) is 3. The van der Waals surface area contributed by atoms with Crippen LogP contribution < -0.4 is 0 Å². The zero-order valence-corrected chi connectivity index (χ0v) is 14.3. The number of carbonyl (C=O) groups excluding carboxylic acids is 3. The van der Waals surface area contributed by atoms with E-state index < -0.39 is 6.04 Å². The van der Waals surface area contributed by atoms with Gasteiger partial charge in [0.25, 0.3) is 5.91 Å². The van der Waals surface area contributed by atoms with Gasteiger partial charge >= 0.3 is 6.03 Å². The summed E-state index contributed by atoms with van der Waals surface area (Å²) in [6.07, 6.45) is -0.0146. The quantitative estimate of drug-likeness (QED) is 0.695. The summed E-state index contributed by atoms with van der Waals surface area (Å²) in [6.45, 7) is 1.34. The van der Waals surface area contributed by atoms with Crippen LogP contribution in [0.25, 0.3) is 0 Å². The monoisotopic (exact) mass is 339 g/mol. The summed E-state index contributed by atoms with van der Waals surface area (Å²) in [4.78, 5) is 40.5. The molecule has 0 radical (unpaired) electrons. The van der Waals surface area contributed by atoms with Gasteiger partial charge in [0.2, 0.25) is 5.91 Å². The molecule has 1 atom stereocenters. The van der Waals surface area contributed by atoms with Gasteiger partial charge in [0.15, 0.2) is 0 Å². The van der Waals surface area contributed by atoms with Gasteiger partial charge in [-0.2, -0.15) is 11.3 Å². The second-order valence-corrected chi connectivity index (χ2v) is 6.23. The molecule has 1 fully saturated rings. The highest BCUT2D eigenvalue weighted by molar-refractivity contribution is 7.07. The van der Waals surface area contributed by atoms with Crippen LogP contribution in [0.15, 0.2) is 16.8 Å². The molecule has 2 rings (SSSR count). The fraction of sp³-hybridized carbons (Fsp3) is 0.533. The highest BCUT2D eigenvalue weighted by Gasteiger charge is 2.42. The molecule has 0 saturated carbocycles. The molecule has 1 saturated heterocycles. The maximum atomic E-state index is 12.6. The molecule has 0 spiro atoms. The van der Waals surface area contributed by atoms with E-state index >= 15 is 0 Å². The van der Waals surface area contributed by atoms with Crippen LogP contribution in [0, 0.1) is 0 Å². The van der Waals surface area contributed by atoms with E-state index in [0.29, 0.717) is 19.7 Å². The maximum Gasteiger partial charge on any atom is 0.326 e. The molecule has 0 bridgehead atoms. The van der Waals surface area contributed by atoms with E-state index in [1.165, 1.54) is 11.9 Å². The third-order valence-corrected chi connectivity index (χ3v) is 4.64. The number of urea groups is 1. The molecule has 8 heteroatoms. The van der Waals surface area contributed by atoms with Crippen LogP contribution in [-0.4, -0.2) is 72.9 Å². The van der Waals surface area contributed by atoms with E-state index in [9.17, 15) is 14.4 Å². The van der Waals surface area contributed by atoms with Crippen molar-refractivity contribution in [3.63, 3.8) is 0 Å². The van der Waals surface area contributed by atoms with Gasteiger partial charge in [-0.05, 0) is 22.4 Å². The molecule has 1 unspecified atom stereocenters. The maximum absolute atomic E-state index is 12.6. The van der Waals surface area contributed by atoms with Gasteiger partial charge < -0.3 is 14.5 Å². The first-order valence-electron chi connectivity index (χ1n) is 7.27. The number of rotatable bonds is 7. The van der Waals surface area contributed by atoms with Gasteiger partial charge in [0.1, 0.15) is 6.04 Å². The summed E-state index contributed by atoms with van der Waals surface area (Å²) in [7, 11) is 4.55. The third kappa shape index (κ3) is 3.89. The van der Waals surface area contributed by atoms with Crippen molar-refractivity contribution in [2.24, 2.45) is 0 Å². The first kappa shape index (κ1) is 17.4. The van der Waals surface area contributed by atoms with Crippen molar-refractivity contribution < 1.29 is 19.1 Å². The minimum absolute atomic E-state index is 0.0146. The number of carbonyl (C=O) groups is 3. The van der Waals surface area contributed by atoms with Crippen LogP contribution in [0.4, 0.5) is 4.79 Å². The second kappa shape index (κ2) is 7.56. The predicted octanol–water partition coefficient (Wildman–Crippen LogP) is 1.01. The van der Waals surface area contributed by atoms with Crippen LogP contribution >= 0.6 is 11.3 Å². The summed E-state index contributed by atoms with van der Waals surface area (Å²) >= 11 is 1.57. The summed E-state index contributed by atoms with van der Waals surface area (Å²) < 4.78 is 5.06. The van der Waals surface area contributed by atoms with Gasteiger partial charge in [-0.25, -0.2) is 4.79 Å². The predicted molar refractivity (Wildman–Crippen MR) is 85.9 cm³/mol. The Labute approximate surface area is 139 Å². The average molecular weight is 339 g/mol. The van der Waals surface area contributed by atoms with Crippen molar-refractivity contribution in [2.75, 3.05) is 34.4 Å². The number of hydrogen-bond donors (Lipinski definition) is 0. The van der Waals surface area contributed by atoms with E-state index in [4.69, 9.17) is 4.74 Å². The molecule has 1 aromatic heterocycles. The van der Waals surface area contributed by atoms with Crippen molar-refractivity contribution in [3.8, 4) is 0 Å². The van der Waals surface area contributed by atoms with Crippen LogP contribution in [0.3, 0.4) is 0 Å². The molecular weight excluding hydrogens is 318 g/mol. The summed E-state index contributed by atoms with van der Waals surface area (Å²) in [5, 5.41) is 3.94. The van der Waals surface area contributed by atoms with Crippen molar-refractivity contribution in [3.05, 3.63) is 22.4 Å². The first-order valence-corrected chi connectivity index (χ1v) is 8.22. The number of thiophene rings is 1. The molecule has 0 aliphatic carbocycles. The largest absolute Gasteiger partial charge is 0.383 e. The van der Waals surface area contributed by atoms with Crippen molar-refractivity contribution in [1.29, 1.82) is 0 Å². The Morgan fingerprint density at radius 3 is 2.65 bits per heavy atom. The van der Waals surface area contributed by atoms with Gasteiger partial charge in [0.05, 0.1) is 13.0 Å². The number of ether oxygens (including phenoxy) is 1. The zero-order valence-electron chi connectivity index (χ0n) is 13.5. The lowest BCUT2D eigenvalue weighted by Crippen LogP contribution is -2.40. The molecule has 7 nitrogen and oxygen atoms in total. The van der Waals surface area contributed by atoms with Crippen LogP contribution in [0.5, 0.6) is 0 Å². The fourth-order valence-corrected chi connectivity index (χ4v) is 3.13. The second-order valence-electron chi connectivity index (χ2n) is 5.45. The molecular formula is C15H21N3O4S. The van der Waals surface area contributed by atoms with Crippen molar-refractivity contribution in [1.82, 2.24) is 14.7 Å². The molecule has 4 amide bonds. The standard InChI is InChI=1S/C15H21N3O4S/c1-16-12(14(20)17(2)15(16)21)8-13(19)18(5-6-22-3)9-11-4-7-23-10-11/h4,7,10,12H,5-6,8-9H2,1-3H3. The van der Waals surface area contributed by atoms with E-state index in [1.807, 2.05) is 16.8 Å². The minimum atomic E-state index is -0.729. The van der Waals surface area contributed by atoms with Gasteiger partial charge in [-0.15, -0.1) is 0 Å². The number of hydrogen-bond acceptors (Lipinski definition) is 5. The Kier molecular flexibility index (Phi) is 5.73. The Morgan fingerprint density at radius 2 is 2.13 bits per heavy atom. The van der Waals surface area contributed by atoms with Crippen LogP contribution in [0.2, 0.25) is 0 Å². The molecule has 0 aromatic carbocycles. The average Bonchev–Trinajstić information content (AvgIpc) is 3.11. The van der Waals surface area contributed by atoms with Crippen LogP contribution in [0.1, 0.15) is 12.0 Å². The third-order valence-electron chi connectivity index (χ3n) is 3.91. The number of methoxy groups -OCH3 is 1. The topological polar surface area (TPSA) is 70.2 Å². The molecule has 0 N–H and O–H groups in total. The zero-order chi connectivity index (χ0) is 17.0. The molecule has 23 heavy (non-hydrogen) atoms. The number of likely N-dealkylation sites (N-methyl/N-ethyl adjacent to an activating group) is 2. The van der Waals surface area contributed by atoms with Crippen LogP contribution in [-0.2, 0) is 20.9 Å². The smallest absolute Gasteiger partial charge is 0.326 e. The number of amides is 4. The van der Waals surface area contributed by atoms with Gasteiger partial charge in [0, 0.05) is 34.3 Å². The van der Waals surface area contributed by atoms with Crippen molar-refractivity contribution in [2.45, 2.75) is 19.0 Å². The lowest BCUT2D eigenvalue weighted by Gasteiger charge is -2.24. The SMILES string of the molecule is COCCN(Cc1ccsc1)C(=O)CC1C(=O)N(C)C(=O)N1C. The molecule has 1 aliphatic heterocycles. The summed E-state index contributed by atoms with van der Waals surface area (Å²) in [5.41, 5.74) is 1.04. The molecule has 126 valence electrons. The molecule has 1 aromatic rings. The minimum Gasteiger partial charge on any atom is -0.383 e. The van der Waals surface area contributed by atoms with Gasteiger partial charge in [-0.1, -0.05) is 0 Å². The summed E-state index contributed by atoms with van der Waals surface area (Å²) in [5.74, 6) is -0.505. The van der Waals surface area contributed by atoms with E-state index in [-0.39, 0.29) is 24.3 Å². The van der Waals surface area contributed by atoms with Gasteiger partial charge in [-0.3, -0.25) is 14.5 Å². The Balaban J connectivity index is 2.05. The highest BCUT2D eigenvalue weighted by Crippen LogP contribution is 2.19. The Bertz CT molecular complexity index is 575. The van der Waals surface area contributed by atoms with Crippen molar-refractivity contribution >= 4 is 29.2 Å². The highest BCUT2D eigenvalue weighted by atomic mass is 32.1. The first-order chi connectivity index (χ1) is 11.0. The lowest BCUT2D eigenvalue weighted by molar-refractivity contribution is -0.137. The number of imide groups is 1. The normalized spacial score (nSPS) is 18.0. The Morgan fingerprint density at radius 1 is 1.39 bits per heavy atom. The van der Waals surface area contributed by atoms with E-state index in [1.54, 1.807) is 30.4 Å².